The minimum Gasteiger partial charge on any atom is -0.346 e. The first-order valence-electron chi connectivity index (χ1n) is 6.30. The Morgan fingerprint density at radius 3 is 2.25 bits per heavy atom. The van der Waals surface area contributed by atoms with E-state index in [4.69, 9.17) is 12.2 Å². The van der Waals surface area contributed by atoms with Gasteiger partial charge in [0, 0.05) is 23.6 Å². The van der Waals surface area contributed by atoms with E-state index in [2.05, 4.69) is 30.7 Å². The van der Waals surface area contributed by atoms with Gasteiger partial charge in [0.15, 0.2) is 0 Å². The van der Waals surface area contributed by atoms with Crippen LogP contribution in [0.4, 0.5) is 8.78 Å². The second-order valence-corrected chi connectivity index (χ2v) is 6.20. The fraction of sp³-hybridized carbons (Fsp3) is 0.333. The summed E-state index contributed by atoms with van der Waals surface area (Å²) in [7, 11) is 0. The Labute approximate surface area is 121 Å². The minimum absolute atomic E-state index is 0.0988. The summed E-state index contributed by atoms with van der Waals surface area (Å²) in [5.74, 6) is -0.580. The molecule has 0 unspecified atom stereocenters. The van der Waals surface area contributed by atoms with Crippen molar-refractivity contribution in [2.24, 2.45) is 0 Å². The van der Waals surface area contributed by atoms with E-state index in [1.807, 2.05) is 6.07 Å². The molecule has 0 aliphatic carbocycles. The Bertz CT molecular complexity index is 667. The number of hydrogen-bond donors (Lipinski definition) is 1. The van der Waals surface area contributed by atoms with Crippen molar-refractivity contribution in [2.75, 3.05) is 0 Å². The average molecular weight is 294 g/mol. The van der Waals surface area contributed by atoms with E-state index in [1.165, 1.54) is 12.1 Å². The van der Waals surface area contributed by atoms with Gasteiger partial charge in [0.25, 0.3) is 0 Å². The van der Waals surface area contributed by atoms with Crippen LogP contribution in [0.25, 0.3) is 0 Å². The first-order chi connectivity index (χ1) is 9.24. The van der Waals surface area contributed by atoms with Gasteiger partial charge in [0.05, 0.1) is 0 Å². The molecule has 0 amide bonds. The van der Waals surface area contributed by atoms with Crippen LogP contribution in [0.5, 0.6) is 0 Å². The molecule has 2 aromatic rings. The van der Waals surface area contributed by atoms with Gasteiger partial charge in [-0.15, -0.1) is 0 Å². The Morgan fingerprint density at radius 2 is 1.70 bits per heavy atom. The molecule has 0 spiro atoms. The molecule has 0 fully saturated rings. The predicted molar refractivity (Wildman–Crippen MR) is 77.3 cm³/mol. The van der Waals surface area contributed by atoms with Crippen LogP contribution < -0.4 is 0 Å². The zero-order chi connectivity index (χ0) is 14.9. The predicted octanol–water partition coefficient (Wildman–Crippen LogP) is 4.31. The van der Waals surface area contributed by atoms with E-state index in [9.17, 15) is 8.78 Å². The number of aromatic amines is 1. The largest absolute Gasteiger partial charge is 0.346 e. The third-order valence-corrected chi connectivity index (χ3v) is 3.10. The van der Waals surface area contributed by atoms with Crippen LogP contribution in [0.1, 0.15) is 37.9 Å². The van der Waals surface area contributed by atoms with Crippen LogP contribution in [-0.4, -0.2) is 9.97 Å². The van der Waals surface area contributed by atoms with Crippen molar-refractivity contribution >= 4 is 12.2 Å². The molecular weight excluding hydrogens is 278 g/mol. The molecule has 0 bridgehead atoms. The summed E-state index contributed by atoms with van der Waals surface area (Å²) in [6.07, 6.45) is 0.308. The molecule has 0 saturated carbocycles. The summed E-state index contributed by atoms with van der Waals surface area (Å²) in [5.41, 5.74) is 1.37. The normalized spacial score (nSPS) is 11.7. The van der Waals surface area contributed by atoms with E-state index < -0.39 is 11.6 Å². The highest BCUT2D eigenvalue weighted by molar-refractivity contribution is 7.71. The van der Waals surface area contributed by atoms with Crippen molar-refractivity contribution in [2.45, 2.75) is 32.6 Å². The molecule has 0 aliphatic rings. The van der Waals surface area contributed by atoms with Crippen molar-refractivity contribution < 1.29 is 8.78 Å². The summed E-state index contributed by atoms with van der Waals surface area (Å²) in [6.45, 7) is 6.16. The number of rotatable bonds is 2. The van der Waals surface area contributed by atoms with E-state index >= 15 is 0 Å². The van der Waals surface area contributed by atoms with E-state index in [0.717, 1.165) is 11.8 Å². The molecule has 1 aromatic heterocycles. The second-order valence-electron chi connectivity index (χ2n) is 5.78. The minimum atomic E-state index is -0.592. The SMILES string of the molecule is CC(C)(C)c1cc(=S)nc(Cc2cc(F)cc(F)c2)[nH]1. The average Bonchev–Trinajstić information content (AvgIpc) is 2.25. The number of nitrogens with one attached hydrogen (secondary N) is 1. The molecule has 0 aliphatic heterocycles. The van der Waals surface area contributed by atoms with Gasteiger partial charge in [0.2, 0.25) is 0 Å². The van der Waals surface area contributed by atoms with Gasteiger partial charge in [0.1, 0.15) is 22.1 Å². The fourth-order valence-corrected chi connectivity index (χ4v) is 2.13. The molecule has 0 atom stereocenters. The third kappa shape index (κ3) is 3.70. The number of benzene rings is 1. The lowest BCUT2D eigenvalue weighted by atomic mass is 9.92. The zero-order valence-corrected chi connectivity index (χ0v) is 12.4. The topological polar surface area (TPSA) is 28.7 Å². The highest BCUT2D eigenvalue weighted by Crippen LogP contribution is 2.20. The van der Waals surface area contributed by atoms with Gasteiger partial charge in [-0.05, 0) is 23.8 Å². The van der Waals surface area contributed by atoms with Gasteiger partial charge in [-0.3, -0.25) is 0 Å². The Hall–Kier alpha value is -1.62. The Balaban J connectivity index is 2.39. The van der Waals surface area contributed by atoms with Crippen molar-refractivity contribution in [3.63, 3.8) is 0 Å². The first kappa shape index (κ1) is 14.8. The summed E-state index contributed by atoms with van der Waals surface area (Å²) in [6, 6.07) is 5.26. The number of nitrogens with zero attached hydrogens (tertiary/aromatic N) is 1. The van der Waals surface area contributed by atoms with Crippen LogP contribution in [-0.2, 0) is 11.8 Å². The molecule has 0 saturated heterocycles. The smallest absolute Gasteiger partial charge is 0.130 e. The summed E-state index contributed by atoms with van der Waals surface area (Å²) >= 11 is 5.14. The summed E-state index contributed by atoms with van der Waals surface area (Å²) < 4.78 is 26.8. The van der Waals surface area contributed by atoms with Crippen molar-refractivity contribution in [1.29, 1.82) is 0 Å². The fourth-order valence-electron chi connectivity index (χ4n) is 1.90. The van der Waals surface area contributed by atoms with E-state index in [0.29, 0.717) is 22.4 Å². The maximum atomic E-state index is 13.2. The van der Waals surface area contributed by atoms with Crippen LogP contribution >= 0.6 is 12.2 Å². The van der Waals surface area contributed by atoms with Crippen LogP contribution in [0.2, 0.25) is 0 Å². The number of H-pyrrole nitrogens is 1. The van der Waals surface area contributed by atoms with Gasteiger partial charge in [-0.25, -0.2) is 13.8 Å². The van der Waals surface area contributed by atoms with E-state index in [1.54, 1.807) is 0 Å². The molecule has 1 aromatic carbocycles. The van der Waals surface area contributed by atoms with Crippen molar-refractivity contribution in [1.82, 2.24) is 9.97 Å². The number of aromatic nitrogens is 2. The Morgan fingerprint density at radius 1 is 1.10 bits per heavy atom. The Kier molecular flexibility index (Phi) is 3.99. The molecule has 0 radical (unpaired) electrons. The van der Waals surface area contributed by atoms with Crippen LogP contribution in [0.3, 0.4) is 0 Å². The summed E-state index contributed by atoms with van der Waals surface area (Å²) in [5, 5.41) is 0. The standard InChI is InChI=1S/C15H16F2N2S/c1-15(2,3)12-8-14(20)19-13(18-12)6-9-4-10(16)7-11(17)5-9/h4-5,7-8H,6H2,1-3H3,(H,18,19,20). The molecule has 106 valence electrons. The van der Waals surface area contributed by atoms with Gasteiger partial charge >= 0.3 is 0 Å². The monoisotopic (exact) mass is 294 g/mol. The highest BCUT2D eigenvalue weighted by Gasteiger charge is 2.15. The number of halogens is 2. The molecular formula is C15H16F2N2S. The molecule has 5 heteroatoms. The first-order valence-corrected chi connectivity index (χ1v) is 6.70. The quantitative estimate of drug-likeness (QED) is 0.836. The van der Waals surface area contributed by atoms with Crippen LogP contribution in [0.15, 0.2) is 24.3 Å². The van der Waals surface area contributed by atoms with Gasteiger partial charge in [-0.2, -0.15) is 0 Å². The molecule has 1 heterocycles. The third-order valence-electron chi connectivity index (χ3n) is 2.89. The van der Waals surface area contributed by atoms with Gasteiger partial charge < -0.3 is 4.98 Å². The maximum absolute atomic E-state index is 13.2. The van der Waals surface area contributed by atoms with Crippen molar-refractivity contribution in [3.05, 3.63) is 57.6 Å². The number of hydrogen-bond acceptors (Lipinski definition) is 2. The lowest BCUT2D eigenvalue weighted by molar-refractivity contribution is 0.561. The lowest BCUT2D eigenvalue weighted by Gasteiger charge is -2.19. The van der Waals surface area contributed by atoms with Gasteiger partial charge in [-0.1, -0.05) is 33.0 Å². The van der Waals surface area contributed by atoms with E-state index in [-0.39, 0.29) is 5.41 Å². The molecule has 2 rings (SSSR count). The molecule has 1 N–H and O–H groups in total. The maximum Gasteiger partial charge on any atom is 0.130 e. The highest BCUT2D eigenvalue weighted by atomic mass is 32.1. The van der Waals surface area contributed by atoms with Crippen molar-refractivity contribution in [3.8, 4) is 0 Å². The molecule has 20 heavy (non-hydrogen) atoms. The van der Waals surface area contributed by atoms with Crippen LogP contribution in [0, 0.1) is 16.3 Å². The lowest BCUT2D eigenvalue weighted by Crippen LogP contribution is -2.15. The molecule has 2 nitrogen and oxygen atoms in total. The zero-order valence-electron chi connectivity index (χ0n) is 11.6. The second kappa shape index (κ2) is 5.40. The summed E-state index contributed by atoms with van der Waals surface area (Å²) in [4.78, 5) is 7.41.